The van der Waals surface area contributed by atoms with Gasteiger partial charge in [-0.3, -0.25) is 0 Å². The van der Waals surface area contributed by atoms with Gasteiger partial charge in [-0.25, -0.2) is 0 Å². The summed E-state index contributed by atoms with van der Waals surface area (Å²) in [6.45, 7) is 4.18. The fourth-order valence-corrected chi connectivity index (χ4v) is 3.08. The highest BCUT2D eigenvalue weighted by molar-refractivity contribution is 5.61. The number of rotatable bonds is 1. The van der Waals surface area contributed by atoms with Gasteiger partial charge < -0.3 is 10.6 Å². The zero-order valence-electron chi connectivity index (χ0n) is 9.24. The second-order valence-electron chi connectivity index (χ2n) is 4.98. The number of aryl methyl sites for hydroxylation is 1. The van der Waals surface area contributed by atoms with Gasteiger partial charge in [0.15, 0.2) is 0 Å². The van der Waals surface area contributed by atoms with Crippen molar-refractivity contribution < 1.29 is 0 Å². The van der Waals surface area contributed by atoms with Gasteiger partial charge in [-0.15, -0.1) is 0 Å². The van der Waals surface area contributed by atoms with Crippen LogP contribution >= 0.6 is 0 Å². The van der Waals surface area contributed by atoms with Crippen molar-refractivity contribution in [1.82, 2.24) is 0 Å². The second kappa shape index (κ2) is 3.24. The molecule has 0 bridgehead atoms. The maximum absolute atomic E-state index is 5.75. The van der Waals surface area contributed by atoms with Gasteiger partial charge in [0.2, 0.25) is 0 Å². The number of benzene rings is 1. The number of nitrogens with two attached hydrogens (primary N) is 1. The van der Waals surface area contributed by atoms with E-state index in [1.807, 2.05) is 0 Å². The Hall–Kier alpha value is -1.02. The fourth-order valence-electron chi connectivity index (χ4n) is 3.08. The van der Waals surface area contributed by atoms with Crippen molar-refractivity contribution >= 4 is 5.69 Å². The largest absolute Gasteiger partial charge is 0.368 e. The number of fused-ring (bicyclic) bond motifs is 3. The quantitative estimate of drug-likeness (QED) is 0.751. The Kier molecular flexibility index (Phi) is 1.99. The summed E-state index contributed by atoms with van der Waals surface area (Å²) in [6, 6.07) is 7.57. The lowest BCUT2D eigenvalue weighted by Crippen LogP contribution is -2.25. The summed E-state index contributed by atoms with van der Waals surface area (Å²) >= 11 is 0. The van der Waals surface area contributed by atoms with Gasteiger partial charge in [0, 0.05) is 18.3 Å². The van der Waals surface area contributed by atoms with Crippen LogP contribution in [0.1, 0.15) is 17.5 Å². The molecule has 2 aliphatic rings. The summed E-state index contributed by atoms with van der Waals surface area (Å²) in [5, 5.41) is 0. The lowest BCUT2D eigenvalue weighted by molar-refractivity contribution is 0.566. The van der Waals surface area contributed by atoms with Crippen LogP contribution in [0.4, 0.5) is 5.69 Å². The molecule has 2 aliphatic heterocycles. The molecule has 0 aliphatic carbocycles. The molecule has 80 valence electrons. The monoisotopic (exact) mass is 202 g/mol. The third-order valence-electron chi connectivity index (χ3n) is 3.83. The van der Waals surface area contributed by atoms with E-state index in [1.54, 1.807) is 0 Å². The zero-order chi connectivity index (χ0) is 10.4. The normalized spacial score (nSPS) is 28.0. The molecule has 2 heterocycles. The molecule has 0 spiro atoms. The average Bonchev–Trinajstić information content (AvgIpc) is 2.73. The van der Waals surface area contributed by atoms with Crippen LogP contribution in [0.25, 0.3) is 0 Å². The van der Waals surface area contributed by atoms with Crippen molar-refractivity contribution in [1.29, 1.82) is 0 Å². The Morgan fingerprint density at radius 1 is 1.47 bits per heavy atom. The molecule has 0 amide bonds. The molecule has 15 heavy (non-hydrogen) atoms. The van der Waals surface area contributed by atoms with Gasteiger partial charge in [0.25, 0.3) is 0 Å². The second-order valence-corrected chi connectivity index (χ2v) is 4.98. The minimum Gasteiger partial charge on any atom is -0.368 e. The summed E-state index contributed by atoms with van der Waals surface area (Å²) in [4.78, 5) is 2.56. The van der Waals surface area contributed by atoms with E-state index in [9.17, 15) is 0 Å². The maximum atomic E-state index is 5.75. The third kappa shape index (κ3) is 1.36. The Morgan fingerprint density at radius 2 is 2.33 bits per heavy atom. The Bertz CT molecular complexity index is 386. The van der Waals surface area contributed by atoms with E-state index in [-0.39, 0.29) is 0 Å². The number of hydrogen-bond acceptors (Lipinski definition) is 2. The van der Waals surface area contributed by atoms with Gasteiger partial charge in [-0.1, -0.05) is 17.7 Å². The predicted molar refractivity (Wildman–Crippen MR) is 63.2 cm³/mol. The van der Waals surface area contributed by atoms with Gasteiger partial charge in [-0.2, -0.15) is 0 Å². The molecule has 2 heteroatoms. The van der Waals surface area contributed by atoms with Gasteiger partial charge in [-0.05, 0) is 43.9 Å². The molecule has 1 fully saturated rings. The molecule has 2 N–H and O–H groups in total. The minimum atomic E-state index is 0.712. The summed E-state index contributed by atoms with van der Waals surface area (Å²) in [5.41, 5.74) is 10.1. The molecule has 1 aromatic carbocycles. The first-order chi connectivity index (χ1) is 7.28. The first-order valence-electron chi connectivity index (χ1n) is 5.84. The first-order valence-corrected chi connectivity index (χ1v) is 5.84. The molecule has 3 rings (SSSR count). The van der Waals surface area contributed by atoms with Gasteiger partial charge >= 0.3 is 0 Å². The lowest BCUT2D eigenvalue weighted by Gasteiger charge is -2.18. The fraction of sp³-hybridized carbons (Fsp3) is 0.538. The van der Waals surface area contributed by atoms with Crippen LogP contribution in [-0.2, 0) is 6.42 Å². The highest BCUT2D eigenvalue weighted by Crippen LogP contribution is 2.39. The Balaban J connectivity index is 1.93. The molecule has 1 aromatic rings. The van der Waals surface area contributed by atoms with Crippen molar-refractivity contribution in [2.24, 2.45) is 11.7 Å². The zero-order valence-corrected chi connectivity index (χ0v) is 9.24. The van der Waals surface area contributed by atoms with Crippen LogP contribution in [0.2, 0.25) is 0 Å². The summed E-state index contributed by atoms with van der Waals surface area (Å²) < 4.78 is 0. The summed E-state index contributed by atoms with van der Waals surface area (Å²) in [5.74, 6) is 0.712. The Morgan fingerprint density at radius 3 is 3.13 bits per heavy atom. The molecular weight excluding hydrogens is 184 g/mol. The predicted octanol–water partition coefficient (Wildman–Crippen LogP) is 1.70. The van der Waals surface area contributed by atoms with E-state index in [1.165, 1.54) is 29.7 Å². The van der Waals surface area contributed by atoms with Crippen LogP contribution in [0.15, 0.2) is 18.2 Å². The molecular formula is C13H18N2. The Labute approximate surface area is 91.1 Å². The molecule has 0 aromatic heterocycles. The molecule has 0 saturated carbocycles. The van der Waals surface area contributed by atoms with Crippen molar-refractivity contribution in [2.75, 3.05) is 18.0 Å². The van der Waals surface area contributed by atoms with Crippen molar-refractivity contribution in [3.63, 3.8) is 0 Å². The number of hydrogen-bond donors (Lipinski definition) is 1. The maximum Gasteiger partial charge on any atom is 0.0402 e. The third-order valence-corrected chi connectivity index (χ3v) is 3.83. The topological polar surface area (TPSA) is 29.3 Å². The minimum absolute atomic E-state index is 0.712. The number of nitrogens with zero attached hydrogens (tertiary/aromatic N) is 1. The van der Waals surface area contributed by atoms with Crippen molar-refractivity contribution in [2.45, 2.75) is 25.8 Å². The SMILES string of the molecule is Cc1ccc2c(c1)CC1CC(CN)CN21. The molecule has 1 saturated heterocycles. The van der Waals surface area contributed by atoms with Crippen LogP contribution in [0, 0.1) is 12.8 Å². The molecule has 2 nitrogen and oxygen atoms in total. The van der Waals surface area contributed by atoms with Crippen molar-refractivity contribution in [3.05, 3.63) is 29.3 Å². The molecule has 0 radical (unpaired) electrons. The highest BCUT2D eigenvalue weighted by atomic mass is 15.2. The molecule has 2 unspecified atom stereocenters. The van der Waals surface area contributed by atoms with Crippen LogP contribution in [-0.4, -0.2) is 19.1 Å². The van der Waals surface area contributed by atoms with Gasteiger partial charge in [0.1, 0.15) is 0 Å². The average molecular weight is 202 g/mol. The van der Waals surface area contributed by atoms with E-state index >= 15 is 0 Å². The van der Waals surface area contributed by atoms with Crippen molar-refractivity contribution in [3.8, 4) is 0 Å². The standard InChI is InChI=1S/C13H18N2/c1-9-2-3-13-11(4-9)6-12-5-10(7-14)8-15(12)13/h2-4,10,12H,5-8,14H2,1H3. The van der Waals surface area contributed by atoms with E-state index in [4.69, 9.17) is 5.73 Å². The smallest absolute Gasteiger partial charge is 0.0402 e. The highest BCUT2D eigenvalue weighted by Gasteiger charge is 2.37. The summed E-state index contributed by atoms with van der Waals surface area (Å²) in [6.07, 6.45) is 2.51. The van der Waals surface area contributed by atoms with E-state index < -0.39 is 0 Å². The van der Waals surface area contributed by atoms with E-state index in [0.717, 1.165) is 19.1 Å². The number of anilines is 1. The van der Waals surface area contributed by atoms with Crippen LogP contribution in [0.5, 0.6) is 0 Å². The molecule has 2 atom stereocenters. The summed E-state index contributed by atoms with van der Waals surface area (Å²) in [7, 11) is 0. The van der Waals surface area contributed by atoms with Gasteiger partial charge in [0.05, 0.1) is 0 Å². The van der Waals surface area contributed by atoms with E-state index in [2.05, 4.69) is 30.0 Å². The van der Waals surface area contributed by atoms with E-state index in [0.29, 0.717) is 5.92 Å². The van der Waals surface area contributed by atoms with Crippen LogP contribution < -0.4 is 10.6 Å². The van der Waals surface area contributed by atoms with Crippen LogP contribution in [0.3, 0.4) is 0 Å². The first kappa shape index (κ1) is 9.22. The lowest BCUT2D eigenvalue weighted by atomic mass is 10.0.